The first-order chi connectivity index (χ1) is 6.11. The Balaban J connectivity index is 3.12. The predicted molar refractivity (Wildman–Crippen MR) is 53.3 cm³/mol. The molecule has 0 unspecified atom stereocenters. The minimum absolute atomic E-state index is 0.271. The maximum atomic E-state index is 5.46. The Hall–Kier alpha value is -1.06. The fourth-order valence-corrected chi connectivity index (χ4v) is 1.24. The maximum Gasteiger partial charge on any atom is 0.123 e. The Morgan fingerprint density at radius 2 is 1.92 bits per heavy atom. The summed E-state index contributed by atoms with van der Waals surface area (Å²) >= 11 is 0. The summed E-state index contributed by atoms with van der Waals surface area (Å²) in [6, 6.07) is 7.83. The van der Waals surface area contributed by atoms with E-state index in [-0.39, 0.29) is 5.54 Å². The second-order valence-electron chi connectivity index (χ2n) is 3.47. The van der Waals surface area contributed by atoms with E-state index < -0.39 is 0 Å². The van der Waals surface area contributed by atoms with E-state index in [2.05, 4.69) is 5.43 Å². The van der Waals surface area contributed by atoms with Crippen LogP contribution in [0.15, 0.2) is 24.3 Å². The van der Waals surface area contributed by atoms with Gasteiger partial charge in [0.1, 0.15) is 5.75 Å². The lowest BCUT2D eigenvalue weighted by atomic mass is 9.94. The van der Waals surface area contributed by atoms with Crippen molar-refractivity contribution in [2.45, 2.75) is 19.4 Å². The highest BCUT2D eigenvalue weighted by atomic mass is 16.5. The van der Waals surface area contributed by atoms with Crippen LogP contribution in [0.2, 0.25) is 0 Å². The van der Waals surface area contributed by atoms with Gasteiger partial charge in [-0.15, -0.1) is 0 Å². The lowest BCUT2D eigenvalue weighted by Crippen LogP contribution is -2.41. The van der Waals surface area contributed by atoms with Crippen molar-refractivity contribution in [3.63, 3.8) is 0 Å². The van der Waals surface area contributed by atoms with Crippen molar-refractivity contribution < 1.29 is 4.74 Å². The molecule has 0 spiro atoms. The van der Waals surface area contributed by atoms with Gasteiger partial charge in [-0.1, -0.05) is 18.2 Å². The van der Waals surface area contributed by atoms with Crippen molar-refractivity contribution in [2.24, 2.45) is 5.84 Å². The van der Waals surface area contributed by atoms with Gasteiger partial charge in [-0.2, -0.15) is 0 Å². The van der Waals surface area contributed by atoms with Gasteiger partial charge in [0.2, 0.25) is 0 Å². The fraction of sp³-hybridized carbons (Fsp3) is 0.400. The molecule has 1 aromatic carbocycles. The maximum absolute atomic E-state index is 5.46. The van der Waals surface area contributed by atoms with Crippen molar-refractivity contribution in [3.8, 4) is 5.75 Å². The Kier molecular flexibility index (Phi) is 2.90. The highest BCUT2D eigenvalue weighted by molar-refractivity contribution is 5.38. The third-order valence-electron chi connectivity index (χ3n) is 2.14. The average molecular weight is 180 g/mol. The van der Waals surface area contributed by atoms with Crippen molar-refractivity contribution in [1.82, 2.24) is 5.43 Å². The monoisotopic (exact) mass is 180 g/mol. The molecule has 0 atom stereocenters. The number of para-hydroxylation sites is 1. The molecule has 0 fully saturated rings. The van der Waals surface area contributed by atoms with Gasteiger partial charge in [0.05, 0.1) is 12.6 Å². The zero-order valence-electron chi connectivity index (χ0n) is 8.29. The van der Waals surface area contributed by atoms with Crippen LogP contribution in [0.4, 0.5) is 0 Å². The molecule has 0 aliphatic heterocycles. The van der Waals surface area contributed by atoms with E-state index in [0.29, 0.717) is 0 Å². The number of hydrogen-bond donors (Lipinski definition) is 2. The number of ether oxygens (including phenoxy) is 1. The van der Waals surface area contributed by atoms with Crippen LogP contribution < -0.4 is 16.0 Å². The van der Waals surface area contributed by atoms with Crippen LogP contribution in [0.5, 0.6) is 5.75 Å². The number of hydrazine groups is 1. The first kappa shape index (κ1) is 10.0. The summed E-state index contributed by atoms with van der Waals surface area (Å²) in [4.78, 5) is 0. The lowest BCUT2D eigenvalue weighted by Gasteiger charge is -2.25. The molecular formula is C10H16N2O. The molecule has 1 aromatic rings. The Bertz CT molecular complexity index is 284. The van der Waals surface area contributed by atoms with E-state index in [4.69, 9.17) is 10.6 Å². The molecule has 0 aliphatic carbocycles. The molecule has 3 N–H and O–H groups in total. The predicted octanol–water partition coefficient (Wildman–Crippen LogP) is 1.39. The molecule has 0 aromatic heterocycles. The summed E-state index contributed by atoms with van der Waals surface area (Å²) in [5.74, 6) is 6.31. The molecule has 0 aliphatic rings. The minimum atomic E-state index is -0.271. The van der Waals surface area contributed by atoms with Crippen LogP contribution in [0.3, 0.4) is 0 Å². The van der Waals surface area contributed by atoms with E-state index in [9.17, 15) is 0 Å². The first-order valence-corrected chi connectivity index (χ1v) is 4.23. The average Bonchev–Trinajstić information content (AvgIpc) is 2.18. The van der Waals surface area contributed by atoms with Gasteiger partial charge in [0, 0.05) is 5.56 Å². The summed E-state index contributed by atoms with van der Waals surface area (Å²) in [7, 11) is 1.66. The van der Waals surface area contributed by atoms with Crippen LogP contribution in [0, 0.1) is 0 Å². The SMILES string of the molecule is COc1ccccc1C(C)(C)NN. The molecule has 0 radical (unpaired) electrons. The zero-order chi connectivity index (χ0) is 9.90. The Labute approximate surface area is 78.9 Å². The molecule has 3 heteroatoms. The van der Waals surface area contributed by atoms with E-state index in [0.717, 1.165) is 11.3 Å². The molecule has 0 heterocycles. The highest BCUT2D eigenvalue weighted by Crippen LogP contribution is 2.28. The molecule has 72 valence electrons. The summed E-state index contributed by atoms with van der Waals surface area (Å²) in [5.41, 5.74) is 3.54. The van der Waals surface area contributed by atoms with Crippen LogP contribution >= 0.6 is 0 Å². The topological polar surface area (TPSA) is 47.3 Å². The minimum Gasteiger partial charge on any atom is -0.496 e. The standard InChI is InChI=1S/C10H16N2O/c1-10(2,12-11)8-6-4-5-7-9(8)13-3/h4-7,12H,11H2,1-3H3. The van der Waals surface area contributed by atoms with Crippen molar-refractivity contribution in [1.29, 1.82) is 0 Å². The van der Waals surface area contributed by atoms with Gasteiger partial charge >= 0.3 is 0 Å². The highest BCUT2D eigenvalue weighted by Gasteiger charge is 2.21. The van der Waals surface area contributed by atoms with E-state index in [1.807, 2.05) is 38.1 Å². The molecule has 0 saturated carbocycles. The van der Waals surface area contributed by atoms with E-state index in [1.165, 1.54) is 0 Å². The molecule has 13 heavy (non-hydrogen) atoms. The zero-order valence-corrected chi connectivity index (χ0v) is 8.29. The van der Waals surface area contributed by atoms with Crippen LogP contribution in [-0.2, 0) is 5.54 Å². The van der Waals surface area contributed by atoms with Crippen molar-refractivity contribution in [2.75, 3.05) is 7.11 Å². The van der Waals surface area contributed by atoms with Gasteiger partial charge < -0.3 is 4.74 Å². The largest absolute Gasteiger partial charge is 0.496 e. The molecule has 3 nitrogen and oxygen atoms in total. The second kappa shape index (κ2) is 3.77. The van der Waals surface area contributed by atoms with E-state index in [1.54, 1.807) is 7.11 Å². The van der Waals surface area contributed by atoms with Crippen LogP contribution in [-0.4, -0.2) is 7.11 Å². The Morgan fingerprint density at radius 3 is 2.46 bits per heavy atom. The molecule has 0 bridgehead atoms. The number of nitrogens with one attached hydrogen (secondary N) is 1. The van der Waals surface area contributed by atoms with Gasteiger partial charge in [0.15, 0.2) is 0 Å². The molecule has 0 amide bonds. The van der Waals surface area contributed by atoms with Gasteiger partial charge in [-0.05, 0) is 19.9 Å². The fourth-order valence-electron chi connectivity index (χ4n) is 1.24. The van der Waals surface area contributed by atoms with Gasteiger partial charge in [-0.25, -0.2) is 0 Å². The Morgan fingerprint density at radius 1 is 1.31 bits per heavy atom. The number of benzene rings is 1. The van der Waals surface area contributed by atoms with Crippen molar-refractivity contribution in [3.05, 3.63) is 29.8 Å². The second-order valence-corrected chi connectivity index (χ2v) is 3.47. The normalized spacial score (nSPS) is 11.4. The van der Waals surface area contributed by atoms with Crippen LogP contribution in [0.25, 0.3) is 0 Å². The first-order valence-electron chi connectivity index (χ1n) is 4.23. The number of hydrogen-bond acceptors (Lipinski definition) is 3. The molecule has 0 saturated heterocycles. The lowest BCUT2D eigenvalue weighted by molar-refractivity contribution is 0.364. The van der Waals surface area contributed by atoms with Gasteiger partial charge in [-0.3, -0.25) is 11.3 Å². The molecule has 1 rings (SSSR count). The van der Waals surface area contributed by atoms with E-state index >= 15 is 0 Å². The van der Waals surface area contributed by atoms with Crippen LogP contribution in [0.1, 0.15) is 19.4 Å². The summed E-state index contributed by atoms with van der Waals surface area (Å²) < 4.78 is 5.24. The quantitative estimate of drug-likeness (QED) is 0.546. The summed E-state index contributed by atoms with van der Waals surface area (Å²) in [6.07, 6.45) is 0. The summed E-state index contributed by atoms with van der Waals surface area (Å²) in [6.45, 7) is 4.01. The summed E-state index contributed by atoms with van der Waals surface area (Å²) in [5, 5.41) is 0. The smallest absolute Gasteiger partial charge is 0.123 e. The van der Waals surface area contributed by atoms with Gasteiger partial charge in [0.25, 0.3) is 0 Å². The van der Waals surface area contributed by atoms with Crippen molar-refractivity contribution >= 4 is 0 Å². The number of rotatable bonds is 3. The third kappa shape index (κ3) is 1.99. The molecular weight excluding hydrogens is 164 g/mol. The number of nitrogens with two attached hydrogens (primary N) is 1. The number of methoxy groups -OCH3 is 1. The third-order valence-corrected chi connectivity index (χ3v) is 2.14.